The number of benzene rings is 1. The molecule has 0 aliphatic heterocycles. The second-order valence-corrected chi connectivity index (χ2v) is 6.17. The van der Waals surface area contributed by atoms with Crippen molar-refractivity contribution in [3.05, 3.63) is 35.2 Å². The summed E-state index contributed by atoms with van der Waals surface area (Å²) in [4.78, 5) is 0. The van der Waals surface area contributed by atoms with E-state index < -0.39 is 0 Å². The van der Waals surface area contributed by atoms with Crippen molar-refractivity contribution in [3.8, 4) is 0 Å². The molecule has 1 nitrogen and oxygen atoms in total. The van der Waals surface area contributed by atoms with Gasteiger partial charge in [0.25, 0.3) is 0 Å². The zero-order chi connectivity index (χ0) is 12.1. The highest BCUT2D eigenvalue weighted by Crippen LogP contribution is 2.26. The Morgan fingerprint density at radius 3 is 3.06 bits per heavy atom. The summed E-state index contributed by atoms with van der Waals surface area (Å²) >= 11 is 8.53. The summed E-state index contributed by atoms with van der Waals surface area (Å²) in [5, 5.41) is 6.92. The van der Waals surface area contributed by atoms with E-state index in [0.29, 0.717) is 0 Å². The largest absolute Gasteiger partial charge is 0.371 e. The molecule has 0 unspecified atom stereocenters. The van der Waals surface area contributed by atoms with Gasteiger partial charge in [-0.1, -0.05) is 30.4 Å². The summed E-state index contributed by atoms with van der Waals surface area (Å²) in [6, 6.07) is 8.60. The standard InChI is InChI=1S/C13H15NS3/c1-16-13(15)14-8-4-5-10-9-17-12-7-3-2-6-11(10)12/h2-3,6-7,9H,4-5,8H2,1H3,(H,14,15). The van der Waals surface area contributed by atoms with Crippen molar-refractivity contribution in [3.63, 3.8) is 0 Å². The zero-order valence-electron chi connectivity index (χ0n) is 9.73. The van der Waals surface area contributed by atoms with E-state index in [-0.39, 0.29) is 0 Å². The van der Waals surface area contributed by atoms with Gasteiger partial charge in [-0.15, -0.1) is 23.1 Å². The number of aryl methyl sites for hydroxylation is 1. The number of thioether (sulfide) groups is 1. The Morgan fingerprint density at radius 1 is 1.41 bits per heavy atom. The highest BCUT2D eigenvalue weighted by molar-refractivity contribution is 8.22. The maximum atomic E-state index is 5.10. The molecule has 0 saturated carbocycles. The number of fused-ring (bicyclic) bond motifs is 1. The van der Waals surface area contributed by atoms with E-state index in [2.05, 4.69) is 35.0 Å². The summed E-state index contributed by atoms with van der Waals surface area (Å²) in [7, 11) is 0. The van der Waals surface area contributed by atoms with Crippen LogP contribution in [0.1, 0.15) is 12.0 Å². The van der Waals surface area contributed by atoms with Crippen molar-refractivity contribution in [1.29, 1.82) is 0 Å². The molecule has 2 aromatic rings. The van der Waals surface area contributed by atoms with Crippen LogP contribution in [0.25, 0.3) is 10.1 Å². The van der Waals surface area contributed by atoms with Crippen LogP contribution in [0, 0.1) is 0 Å². The van der Waals surface area contributed by atoms with Crippen LogP contribution in [0.2, 0.25) is 0 Å². The molecule has 1 heterocycles. The number of rotatable bonds is 4. The smallest absolute Gasteiger partial charge is 0.133 e. The van der Waals surface area contributed by atoms with Gasteiger partial charge in [-0.25, -0.2) is 0 Å². The summed E-state index contributed by atoms with van der Waals surface area (Å²) < 4.78 is 2.27. The predicted molar refractivity (Wildman–Crippen MR) is 84.3 cm³/mol. The molecule has 0 atom stereocenters. The minimum absolute atomic E-state index is 0.889. The molecule has 0 aliphatic carbocycles. The van der Waals surface area contributed by atoms with Gasteiger partial charge in [0, 0.05) is 11.2 Å². The molecular formula is C13H15NS3. The molecule has 1 N–H and O–H groups in total. The second-order valence-electron chi connectivity index (χ2n) is 3.78. The third-order valence-corrected chi connectivity index (χ3v) is 4.81. The minimum atomic E-state index is 0.889. The van der Waals surface area contributed by atoms with Crippen molar-refractivity contribution in [2.24, 2.45) is 0 Å². The van der Waals surface area contributed by atoms with Gasteiger partial charge in [-0.2, -0.15) is 0 Å². The van der Waals surface area contributed by atoms with Crippen LogP contribution in [0.5, 0.6) is 0 Å². The first-order valence-corrected chi connectivity index (χ1v) is 8.09. The number of thiophene rings is 1. The molecule has 0 radical (unpaired) electrons. The topological polar surface area (TPSA) is 12.0 Å². The average molecular weight is 281 g/mol. The van der Waals surface area contributed by atoms with Crippen LogP contribution in [0.4, 0.5) is 0 Å². The van der Waals surface area contributed by atoms with E-state index in [1.54, 1.807) is 11.8 Å². The molecule has 0 spiro atoms. The van der Waals surface area contributed by atoms with Gasteiger partial charge >= 0.3 is 0 Å². The number of nitrogens with one attached hydrogen (secondary N) is 1. The third kappa shape index (κ3) is 3.44. The van der Waals surface area contributed by atoms with Gasteiger partial charge in [0.1, 0.15) is 4.32 Å². The van der Waals surface area contributed by atoms with Gasteiger partial charge in [-0.3, -0.25) is 0 Å². The molecule has 1 aromatic carbocycles. The van der Waals surface area contributed by atoms with E-state index in [4.69, 9.17) is 12.2 Å². The van der Waals surface area contributed by atoms with Crippen molar-refractivity contribution in [2.75, 3.05) is 12.8 Å². The van der Waals surface area contributed by atoms with Gasteiger partial charge in [0.05, 0.1) is 0 Å². The molecule has 4 heteroatoms. The maximum absolute atomic E-state index is 5.10. The normalized spacial score (nSPS) is 10.6. The van der Waals surface area contributed by atoms with Crippen LogP contribution < -0.4 is 5.32 Å². The van der Waals surface area contributed by atoms with Gasteiger partial charge in [-0.05, 0) is 41.5 Å². The third-order valence-electron chi connectivity index (χ3n) is 2.64. The Balaban J connectivity index is 1.89. The first-order valence-electron chi connectivity index (χ1n) is 5.58. The highest BCUT2D eigenvalue weighted by Gasteiger charge is 2.02. The number of thiocarbonyl (C=S) groups is 1. The molecule has 90 valence electrons. The Kier molecular flexibility index (Phi) is 4.83. The van der Waals surface area contributed by atoms with Crippen molar-refractivity contribution in [2.45, 2.75) is 12.8 Å². The van der Waals surface area contributed by atoms with E-state index in [1.807, 2.05) is 17.6 Å². The first kappa shape index (κ1) is 12.9. The molecule has 17 heavy (non-hydrogen) atoms. The summed E-state index contributed by atoms with van der Waals surface area (Å²) in [5.74, 6) is 0. The van der Waals surface area contributed by atoms with Crippen molar-refractivity contribution < 1.29 is 0 Å². The zero-order valence-corrected chi connectivity index (χ0v) is 12.2. The monoisotopic (exact) mass is 281 g/mol. The summed E-state index contributed by atoms with van der Waals surface area (Å²) in [5.41, 5.74) is 1.46. The van der Waals surface area contributed by atoms with Crippen LogP contribution in [-0.2, 0) is 6.42 Å². The quantitative estimate of drug-likeness (QED) is 0.670. The van der Waals surface area contributed by atoms with Crippen LogP contribution >= 0.6 is 35.3 Å². The summed E-state index contributed by atoms with van der Waals surface area (Å²) in [6.45, 7) is 0.962. The molecule has 2 rings (SSSR count). The van der Waals surface area contributed by atoms with Crippen LogP contribution in [0.15, 0.2) is 29.6 Å². The van der Waals surface area contributed by atoms with E-state index in [9.17, 15) is 0 Å². The molecular weight excluding hydrogens is 266 g/mol. The lowest BCUT2D eigenvalue weighted by atomic mass is 10.1. The van der Waals surface area contributed by atoms with Crippen molar-refractivity contribution in [1.82, 2.24) is 5.32 Å². The lowest BCUT2D eigenvalue weighted by molar-refractivity contribution is 0.787. The Bertz CT molecular complexity index is 504. The molecule has 0 amide bonds. The SMILES string of the molecule is CSC(=S)NCCCc1csc2ccccc12. The molecule has 0 aliphatic rings. The van der Waals surface area contributed by atoms with E-state index >= 15 is 0 Å². The molecule has 1 aromatic heterocycles. The maximum Gasteiger partial charge on any atom is 0.133 e. The van der Waals surface area contributed by atoms with Gasteiger partial charge in [0.15, 0.2) is 0 Å². The number of hydrogen-bond acceptors (Lipinski definition) is 3. The lowest BCUT2D eigenvalue weighted by Crippen LogP contribution is -2.19. The fourth-order valence-corrected chi connectivity index (χ4v) is 3.11. The van der Waals surface area contributed by atoms with Crippen LogP contribution in [0.3, 0.4) is 0 Å². The minimum Gasteiger partial charge on any atom is -0.371 e. The second kappa shape index (κ2) is 6.38. The van der Waals surface area contributed by atoms with Crippen LogP contribution in [-0.4, -0.2) is 17.1 Å². The lowest BCUT2D eigenvalue weighted by Gasteiger charge is -2.04. The first-order chi connectivity index (χ1) is 8.31. The highest BCUT2D eigenvalue weighted by atomic mass is 32.2. The molecule has 0 bridgehead atoms. The number of hydrogen-bond donors (Lipinski definition) is 1. The van der Waals surface area contributed by atoms with Gasteiger partial charge in [0.2, 0.25) is 0 Å². The van der Waals surface area contributed by atoms with Crippen molar-refractivity contribution >= 4 is 49.7 Å². The Morgan fingerprint density at radius 2 is 2.24 bits per heavy atom. The van der Waals surface area contributed by atoms with E-state index in [0.717, 1.165) is 23.7 Å². The molecule has 0 saturated heterocycles. The fraction of sp³-hybridized carbons (Fsp3) is 0.308. The van der Waals surface area contributed by atoms with Gasteiger partial charge < -0.3 is 5.32 Å². The predicted octanol–water partition coefficient (Wildman–Crippen LogP) is 4.07. The fourth-order valence-electron chi connectivity index (χ4n) is 1.77. The average Bonchev–Trinajstić information content (AvgIpc) is 2.78. The summed E-state index contributed by atoms with van der Waals surface area (Å²) in [6.07, 6.45) is 4.25. The Hall–Kier alpha value is -0.580. The molecule has 0 fully saturated rings. The van der Waals surface area contributed by atoms with E-state index in [1.165, 1.54) is 15.6 Å². The Labute approximate surface area is 116 Å².